The minimum Gasteiger partial charge on any atom is -0.361 e. The molecule has 2 heterocycles. The van der Waals surface area contributed by atoms with Gasteiger partial charge in [0.25, 0.3) is 0 Å². The molecule has 6 heteroatoms. The fraction of sp³-hybridized carbons (Fsp3) is 0.323. The number of hydrogen-bond donors (Lipinski definition) is 2. The summed E-state index contributed by atoms with van der Waals surface area (Å²) in [5, 5.41) is 4.32. The third kappa shape index (κ3) is 5.74. The number of benzene rings is 2. The topological polar surface area (TPSA) is 78.1 Å². The maximum atomic E-state index is 14.1. The lowest BCUT2D eigenvalue weighted by Gasteiger charge is -2.34. The fourth-order valence-corrected chi connectivity index (χ4v) is 5.43. The van der Waals surface area contributed by atoms with E-state index in [1.165, 1.54) is 6.42 Å². The van der Waals surface area contributed by atoms with Gasteiger partial charge in [0, 0.05) is 42.1 Å². The number of carbonyl (C=O) groups excluding carboxylic acids is 2. The summed E-state index contributed by atoms with van der Waals surface area (Å²) < 4.78 is 0. The summed E-state index contributed by atoms with van der Waals surface area (Å²) in [6, 6.07) is 19.1. The first kappa shape index (κ1) is 24.8. The molecule has 1 atom stereocenters. The molecule has 37 heavy (non-hydrogen) atoms. The summed E-state index contributed by atoms with van der Waals surface area (Å²) in [5.41, 5.74) is 4.65. The number of nitrogens with one attached hydrogen (secondary N) is 2. The highest BCUT2D eigenvalue weighted by molar-refractivity contribution is 5.92. The molecular weight excluding hydrogens is 460 g/mol. The van der Waals surface area contributed by atoms with Crippen molar-refractivity contribution in [2.75, 3.05) is 0 Å². The van der Waals surface area contributed by atoms with Gasteiger partial charge in [-0.25, -0.2) is 0 Å². The van der Waals surface area contributed by atoms with E-state index in [0.29, 0.717) is 6.54 Å². The highest BCUT2D eigenvalue weighted by Crippen LogP contribution is 2.29. The number of rotatable bonds is 8. The van der Waals surface area contributed by atoms with E-state index in [1.807, 2.05) is 73.8 Å². The summed E-state index contributed by atoms with van der Waals surface area (Å²) in [6.45, 7) is 2.30. The molecule has 0 aliphatic heterocycles. The van der Waals surface area contributed by atoms with Crippen molar-refractivity contribution in [3.63, 3.8) is 0 Å². The highest BCUT2D eigenvalue weighted by atomic mass is 16.2. The molecule has 1 saturated carbocycles. The van der Waals surface area contributed by atoms with Crippen LogP contribution in [-0.2, 0) is 22.6 Å². The van der Waals surface area contributed by atoms with Crippen LogP contribution in [0.4, 0.5) is 0 Å². The van der Waals surface area contributed by atoms with Crippen LogP contribution in [0, 0.1) is 6.92 Å². The molecule has 190 valence electrons. The number of aromatic nitrogens is 2. The zero-order valence-electron chi connectivity index (χ0n) is 21.3. The molecule has 2 N–H and O–H groups in total. The summed E-state index contributed by atoms with van der Waals surface area (Å²) in [6.07, 6.45) is 11.0. The standard InChI is InChI=1S/C31H34N4O2/c1-22-10-5-6-14-26(22)30(31(37)34-25-12-3-2-4-13-25)35(21-23-11-9-17-32-19-23)29(36)18-24-20-33-28-16-8-7-15-27(24)28/h5-11,14-17,19-20,25,30,33H,2-4,12-13,18,21H2,1H3,(H,34,37). The summed E-state index contributed by atoms with van der Waals surface area (Å²) in [4.78, 5) is 37.3. The molecule has 6 nitrogen and oxygen atoms in total. The van der Waals surface area contributed by atoms with Gasteiger partial charge in [-0.2, -0.15) is 0 Å². The number of carbonyl (C=O) groups is 2. The Balaban J connectivity index is 1.52. The molecule has 2 aromatic carbocycles. The number of aryl methyl sites for hydroxylation is 1. The van der Waals surface area contributed by atoms with Crippen molar-refractivity contribution in [2.45, 2.75) is 64.1 Å². The average Bonchev–Trinajstić information content (AvgIpc) is 3.33. The van der Waals surface area contributed by atoms with Crippen LogP contribution in [0.5, 0.6) is 0 Å². The summed E-state index contributed by atoms with van der Waals surface area (Å²) in [5.74, 6) is -0.210. The van der Waals surface area contributed by atoms with Crippen LogP contribution in [0.25, 0.3) is 10.9 Å². The van der Waals surface area contributed by atoms with Gasteiger partial charge in [0.05, 0.1) is 6.42 Å². The molecule has 4 aromatic rings. The molecule has 2 amide bonds. The predicted octanol–water partition coefficient (Wildman–Crippen LogP) is 5.63. The number of hydrogen-bond acceptors (Lipinski definition) is 3. The molecule has 0 radical (unpaired) electrons. The van der Waals surface area contributed by atoms with Crippen molar-refractivity contribution >= 4 is 22.7 Å². The minimum absolute atomic E-state index is 0.0966. The van der Waals surface area contributed by atoms with Crippen LogP contribution in [0.2, 0.25) is 0 Å². The normalized spacial score (nSPS) is 14.8. The lowest BCUT2D eigenvalue weighted by Crippen LogP contribution is -2.47. The maximum Gasteiger partial charge on any atom is 0.247 e. The highest BCUT2D eigenvalue weighted by Gasteiger charge is 2.34. The van der Waals surface area contributed by atoms with Crippen LogP contribution in [-0.4, -0.2) is 32.7 Å². The van der Waals surface area contributed by atoms with Gasteiger partial charge in [0.2, 0.25) is 11.8 Å². The second-order valence-corrected chi connectivity index (χ2v) is 10.0. The second-order valence-electron chi connectivity index (χ2n) is 10.0. The van der Waals surface area contributed by atoms with Crippen LogP contribution in [0.15, 0.2) is 79.3 Å². The number of amides is 2. The molecule has 0 bridgehead atoms. The Morgan fingerprint density at radius 2 is 1.81 bits per heavy atom. The molecule has 0 spiro atoms. The maximum absolute atomic E-state index is 14.1. The third-order valence-corrected chi connectivity index (χ3v) is 7.41. The van der Waals surface area contributed by atoms with Crippen molar-refractivity contribution in [2.24, 2.45) is 0 Å². The van der Waals surface area contributed by atoms with Crippen molar-refractivity contribution in [1.82, 2.24) is 20.2 Å². The van der Waals surface area contributed by atoms with E-state index in [9.17, 15) is 9.59 Å². The Kier molecular flexibility index (Phi) is 7.64. The first-order valence-electron chi connectivity index (χ1n) is 13.2. The smallest absolute Gasteiger partial charge is 0.247 e. The van der Waals surface area contributed by atoms with Crippen LogP contribution in [0.1, 0.15) is 60.4 Å². The predicted molar refractivity (Wildman–Crippen MR) is 146 cm³/mol. The van der Waals surface area contributed by atoms with Crippen molar-refractivity contribution < 1.29 is 9.59 Å². The van der Waals surface area contributed by atoms with E-state index < -0.39 is 6.04 Å². The number of fused-ring (bicyclic) bond motifs is 1. The quantitative estimate of drug-likeness (QED) is 0.333. The van der Waals surface area contributed by atoms with E-state index in [1.54, 1.807) is 17.3 Å². The lowest BCUT2D eigenvalue weighted by atomic mass is 9.93. The number of H-pyrrole nitrogens is 1. The zero-order chi connectivity index (χ0) is 25.6. The molecule has 5 rings (SSSR count). The largest absolute Gasteiger partial charge is 0.361 e. The summed E-state index contributed by atoms with van der Waals surface area (Å²) >= 11 is 0. The van der Waals surface area contributed by atoms with Crippen LogP contribution in [0.3, 0.4) is 0 Å². The molecule has 1 unspecified atom stereocenters. The Bertz CT molecular complexity index is 1360. The Morgan fingerprint density at radius 1 is 1.03 bits per heavy atom. The lowest BCUT2D eigenvalue weighted by molar-refractivity contribution is -0.141. The van der Waals surface area contributed by atoms with Crippen LogP contribution >= 0.6 is 0 Å². The van der Waals surface area contributed by atoms with Gasteiger partial charge < -0.3 is 15.2 Å². The van der Waals surface area contributed by atoms with E-state index in [-0.39, 0.29) is 24.3 Å². The first-order chi connectivity index (χ1) is 18.1. The van der Waals surface area contributed by atoms with Gasteiger partial charge in [0.1, 0.15) is 6.04 Å². The Hall–Kier alpha value is -3.93. The van der Waals surface area contributed by atoms with Gasteiger partial charge >= 0.3 is 0 Å². The first-order valence-corrected chi connectivity index (χ1v) is 13.2. The second kappa shape index (κ2) is 11.4. The molecule has 1 aliphatic carbocycles. The van der Waals surface area contributed by atoms with Gasteiger partial charge in [-0.1, -0.05) is 67.8 Å². The van der Waals surface area contributed by atoms with Crippen molar-refractivity contribution in [3.05, 3.63) is 102 Å². The van der Waals surface area contributed by atoms with Gasteiger partial charge in [-0.15, -0.1) is 0 Å². The number of para-hydroxylation sites is 1. The zero-order valence-corrected chi connectivity index (χ0v) is 21.3. The van der Waals surface area contributed by atoms with E-state index in [0.717, 1.165) is 58.8 Å². The number of aromatic amines is 1. The summed E-state index contributed by atoms with van der Waals surface area (Å²) in [7, 11) is 0. The molecular formula is C31H34N4O2. The monoisotopic (exact) mass is 494 g/mol. The fourth-order valence-electron chi connectivity index (χ4n) is 5.43. The molecule has 2 aromatic heterocycles. The van der Waals surface area contributed by atoms with Gasteiger partial charge in [0.15, 0.2) is 0 Å². The number of nitrogens with zero attached hydrogens (tertiary/aromatic N) is 2. The Labute approximate surface area is 218 Å². The van der Waals surface area contributed by atoms with E-state index >= 15 is 0 Å². The van der Waals surface area contributed by atoms with E-state index in [4.69, 9.17) is 0 Å². The van der Waals surface area contributed by atoms with Crippen LogP contribution < -0.4 is 5.32 Å². The molecule has 1 aliphatic rings. The molecule has 1 fully saturated rings. The van der Waals surface area contributed by atoms with Gasteiger partial charge in [-0.3, -0.25) is 14.6 Å². The Morgan fingerprint density at radius 3 is 2.59 bits per heavy atom. The molecule has 0 saturated heterocycles. The van der Waals surface area contributed by atoms with E-state index in [2.05, 4.69) is 15.3 Å². The SMILES string of the molecule is Cc1ccccc1C(C(=O)NC1CCCCC1)N(Cc1cccnc1)C(=O)Cc1c[nH]c2ccccc12. The van der Waals surface area contributed by atoms with Gasteiger partial charge in [-0.05, 0) is 54.2 Å². The van der Waals surface area contributed by atoms with Crippen molar-refractivity contribution in [1.29, 1.82) is 0 Å². The van der Waals surface area contributed by atoms with Crippen molar-refractivity contribution in [3.8, 4) is 0 Å². The average molecular weight is 495 g/mol. The number of pyridine rings is 1. The minimum atomic E-state index is -0.735. The third-order valence-electron chi connectivity index (χ3n) is 7.41.